The maximum Gasteiger partial charge on any atom is 0.262 e. The molecule has 0 saturated carbocycles. The zero-order valence-corrected chi connectivity index (χ0v) is 15.4. The van der Waals surface area contributed by atoms with Crippen LogP contribution in [0.4, 0.5) is 5.69 Å². The third-order valence-corrected chi connectivity index (χ3v) is 5.43. The second-order valence-corrected chi connectivity index (χ2v) is 8.60. The van der Waals surface area contributed by atoms with Gasteiger partial charge in [-0.15, -0.1) is 0 Å². The van der Waals surface area contributed by atoms with Crippen LogP contribution in [0.1, 0.15) is 43.2 Å². The predicted octanol–water partition coefficient (Wildman–Crippen LogP) is 4.11. The van der Waals surface area contributed by atoms with Crippen LogP contribution in [0.3, 0.4) is 0 Å². The number of anilines is 1. The van der Waals surface area contributed by atoms with Gasteiger partial charge in [-0.05, 0) is 55.0 Å². The molecule has 0 spiro atoms. The summed E-state index contributed by atoms with van der Waals surface area (Å²) in [5, 5.41) is 0. The summed E-state index contributed by atoms with van der Waals surface area (Å²) in [5.74, 6) is 0. The molecule has 0 atom stereocenters. The van der Waals surface area contributed by atoms with Crippen LogP contribution in [-0.4, -0.2) is 13.4 Å². The van der Waals surface area contributed by atoms with E-state index in [2.05, 4.69) is 30.5 Å². The van der Waals surface area contributed by atoms with Gasteiger partial charge in [-0.25, -0.2) is 8.42 Å². The molecule has 4 nitrogen and oxygen atoms in total. The van der Waals surface area contributed by atoms with Gasteiger partial charge in [0.25, 0.3) is 10.0 Å². The molecule has 0 unspecified atom stereocenters. The van der Waals surface area contributed by atoms with Gasteiger partial charge in [0.05, 0.1) is 10.6 Å². The van der Waals surface area contributed by atoms with E-state index in [0.717, 1.165) is 22.4 Å². The smallest absolute Gasteiger partial charge is 0.262 e. The van der Waals surface area contributed by atoms with Crippen molar-refractivity contribution in [2.75, 3.05) is 4.72 Å². The van der Waals surface area contributed by atoms with E-state index < -0.39 is 10.0 Å². The zero-order valence-electron chi connectivity index (χ0n) is 14.6. The average molecular weight is 332 g/mol. The van der Waals surface area contributed by atoms with Gasteiger partial charge >= 0.3 is 0 Å². The average Bonchev–Trinajstić information content (AvgIpc) is 2.35. The standard InChI is InChI=1S/C18H24N2O2S/c1-12-9-15(18(4,5)6)10-13(2)17(12)23(21,22)20-16-7-8-19-14(3)11-16/h7-11H,1-6H3,(H,19,20). The Balaban J connectivity index is 2.48. The second kappa shape index (κ2) is 5.96. The summed E-state index contributed by atoms with van der Waals surface area (Å²) in [4.78, 5) is 4.43. The quantitative estimate of drug-likeness (QED) is 0.920. The van der Waals surface area contributed by atoms with E-state index in [1.165, 1.54) is 0 Å². The molecule has 0 aliphatic heterocycles. The lowest BCUT2D eigenvalue weighted by Gasteiger charge is -2.22. The van der Waals surface area contributed by atoms with E-state index in [1.54, 1.807) is 18.3 Å². The Bertz CT molecular complexity index is 811. The number of aromatic nitrogens is 1. The molecule has 1 aromatic carbocycles. The van der Waals surface area contributed by atoms with Gasteiger partial charge in [0.1, 0.15) is 0 Å². The lowest BCUT2D eigenvalue weighted by atomic mass is 9.85. The molecule has 1 N–H and O–H groups in total. The van der Waals surface area contributed by atoms with Crippen molar-refractivity contribution in [3.05, 3.63) is 52.8 Å². The summed E-state index contributed by atoms with van der Waals surface area (Å²) in [6.45, 7) is 11.9. The van der Waals surface area contributed by atoms with Crippen LogP contribution >= 0.6 is 0 Å². The minimum Gasteiger partial charge on any atom is -0.279 e. The van der Waals surface area contributed by atoms with Crippen molar-refractivity contribution in [1.82, 2.24) is 4.98 Å². The number of pyridine rings is 1. The van der Waals surface area contributed by atoms with Crippen LogP contribution in [0.5, 0.6) is 0 Å². The number of rotatable bonds is 3. The van der Waals surface area contributed by atoms with Crippen molar-refractivity contribution in [1.29, 1.82) is 0 Å². The van der Waals surface area contributed by atoms with Crippen molar-refractivity contribution in [3.8, 4) is 0 Å². The summed E-state index contributed by atoms with van der Waals surface area (Å²) in [6.07, 6.45) is 1.59. The van der Waals surface area contributed by atoms with E-state index in [-0.39, 0.29) is 5.41 Å². The second-order valence-electron chi connectivity index (χ2n) is 6.98. The molecule has 23 heavy (non-hydrogen) atoms. The fraction of sp³-hybridized carbons (Fsp3) is 0.389. The Morgan fingerprint density at radius 1 is 1.00 bits per heavy atom. The Morgan fingerprint density at radius 3 is 2.04 bits per heavy atom. The van der Waals surface area contributed by atoms with Crippen LogP contribution in [-0.2, 0) is 15.4 Å². The van der Waals surface area contributed by atoms with Gasteiger partial charge in [0, 0.05) is 11.9 Å². The van der Waals surface area contributed by atoms with Gasteiger partial charge in [-0.1, -0.05) is 32.9 Å². The topological polar surface area (TPSA) is 59.1 Å². The molecule has 0 radical (unpaired) electrons. The first-order chi connectivity index (χ1) is 10.5. The van der Waals surface area contributed by atoms with Gasteiger partial charge in [-0.3, -0.25) is 9.71 Å². The fourth-order valence-electron chi connectivity index (χ4n) is 2.62. The van der Waals surface area contributed by atoms with Crippen molar-refractivity contribution < 1.29 is 8.42 Å². The van der Waals surface area contributed by atoms with Crippen molar-refractivity contribution >= 4 is 15.7 Å². The molecule has 0 amide bonds. The largest absolute Gasteiger partial charge is 0.279 e. The summed E-state index contributed by atoms with van der Waals surface area (Å²) in [7, 11) is -3.63. The molecule has 0 aliphatic carbocycles. The van der Waals surface area contributed by atoms with Crippen LogP contribution in [0, 0.1) is 20.8 Å². The summed E-state index contributed by atoms with van der Waals surface area (Å²) in [5.41, 5.74) is 3.92. The molecule has 0 bridgehead atoms. The third-order valence-electron chi connectivity index (χ3n) is 3.74. The van der Waals surface area contributed by atoms with Gasteiger partial charge in [0.2, 0.25) is 0 Å². The number of nitrogens with zero attached hydrogens (tertiary/aromatic N) is 1. The highest BCUT2D eigenvalue weighted by atomic mass is 32.2. The summed E-state index contributed by atoms with van der Waals surface area (Å²) < 4.78 is 28.2. The normalized spacial score (nSPS) is 12.3. The van der Waals surface area contributed by atoms with E-state index in [0.29, 0.717) is 10.6 Å². The highest BCUT2D eigenvalue weighted by Crippen LogP contribution is 2.30. The van der Waals surface area contributed by atoms with E-state index >= 15 is 0 Å². The van der Waals surface area contributed by atoms with Crippen molar-refractivity contribution in [2.45, 2.75) is 51.9 Å². The molecule has 1 aromatic heterocycles. The molecule has 124 valence electrons. The Labute approximate surface area is 139 Å². The Kier molecular flexibility index (Phi) is 4.53. The first-order valence-corrected chi connectivity index (χ1v) is 9.06. The van der Waals surface area contributed by atoms with Crippen LogP contribution in [0.2, 0.25) is 0 Å². The molecule has 0 aliphatic rings. The van der Waals surface area contributed by atoms with Crippen LogP contribution in [0.15, 0.2) is 35.4 Å². The van der Waals surface area contributed by atoms with Crippen molar-refractivity contribution in [3.63, 3.8) is 0 Å². The number of hydrogen-bond acceptors (Lipinski definition) is 3. The molecule has 0 fully saturated rings. The van der Waals surface area contributed by atoms with Gasteiger partial charge in [0.15, 0.2) is 0 Å². The molecular formula is C18H24N2O2S. The lowest BCUT2D eigenvalue weighted by Crippen LogP contribution is -2.18. The molecule has 5 heteroatoms. The number of sulfonamides is 1. The first kappa shape index (κ1) is 17.5. The molecule has 2 aromatic rings. The molecule has 0 saturated heterocycles. The fourth-order valence-corrected chi connectivity index (χ4v) is 4.13. The van der Waals surface area contributed by atoms with Gasteiger partial charge in [-0.2, -0.15) is 0 Å². The van der Waals surface area contributed by atoms with Crippen LogP contribution in [0.25, 0.3) is 0 Å². The minimum absolute atomic E-state index is 0.0204. The number of aryl methyl sites for hydroxylation is 3. The molecular weight excluding hydrogens is 308 g/mol. The third kappa shape index (κ3) is 3.91. The first-order valence-electron chi connectivity index (χ1n) is 7.58. The summed E-state index contributed by atoms with van der Waals surface area (Å²) >= 11 is 0. The monoisotopic (exact) mass is 332 g/mol. The van der Waals surface area contributed by atoms with Crippen molar-refractivity contribution in [2.24, 2.45) is 0 Å². The number of hydrogen-bond donors (Lipinski definition) is 1. The SMILES string of the molecule is Cc1cc(NS(=O)(=O)c2c(C)cc(C(C)(C)C)cc2C)ccn1. The summed E-state index contributed by atoms with van der Waals surface area (Å²) in [6, 6.07) is 7.28. The predicted molar refractivity (Wildman–Crippen MR) is 94.4 cm³/mol. The zero-order chi connectivity index (χ0) is 17.4. The van der Waals surface area contributed by atoms with Crippen LogP contribution < -0.4 is 4.72 Å². The minimum atomic E-state index is -3.63. The molecule has 2 rings (SSSR count). The molecule has 1 heterocycles. The number of nitrogens with one attached hydrogen (secondary N) is 1. The lowest BCUT2D eigenvalue weighted by molar-refractivity contribution is 0.585. The highest BCUT2D eigenvalue weighted by molar-refractivity contribution is 7.92. The van der Waals surface area contributed by atoms with Gasteiger partial charge < -0.3 is 0 Å². The van der Waals surface area contributed by atoms with E-state index in [9.17, 15) is 8.42 Å². The maximum atomic E-state index is 12.8. The van der Waals surface area contributed by atoms with E-state index in [1.807, 2.05) is 32.9 Å². The maximum absolute atomic E-state index is 12.8. The highest BCUT2D eigenvalue weighted by Gasteiger charge is 2.23. The Hall–Kier alpha value is -1.88. The Morgan fingerprint density at radius 2 is 1.57 bits per heavy atom. The number of benzene rings is 1. The van der Waals surface area contributed by atoms with E-state index in [4.69, 9.17) is 0 Å².